The SMILES string of the molecule is C[C@@]1(Oc2cc(NS(=O)(=O)c3ccc(C(F)(F)F)c(Oc4cc(Cl)cc(Cl)c4)c3)ccc2C(F)(F)F)CCNC1. The Morgan fingerprint density at radius 2 is 1.48 bits per heavy atom. The van der Waals surface area contributed by atoms with Crippen molar-refractivity contribution in [3.8, 4) is 17.2 Å². The summed E-state index contributed by atoms with van der Waals surface area (Å²) < 4.78 is 121. The second-order valence-electron chi connectivity index (χ2n) is 9.16. The molecular weight excluding hydrogens is 609 g/mol. The highest BCUT2D eigenvalue weighted by Crippen LogP contribution is 2.42. The van der Waals surface area contributed by atoms with E-state index in [1.807, 2.05) is 0 Å². The molecule has 1 atom stereocenters. The van der Waals surface area contributed by atoms with E-state index in [2.05, 4.69) is 10.0 Å². The molecule has 1 aliphatic heterocycles. The van der Waals surface area contributed by atoms with Gasteiger partial charge in [0.05, 0.1) is 21.7 Å². The quantitative estimate of drug-likeness (QED) is 0.262. The monoisotopic (exact) mass is 628 g/mol. The summed E-state index contributed by atoms with van der Waals surface area (Å²) in [7, 11) is -4.61. The molecule has 1 heterocycles. The van der Waals surface area contributed by atoms with Crippen molar-refractivity contribution in [1.29, 1.82) is 0 Å². The maximum absolute atomic E-state index is 13.7. The summed E-state index contributed by atoms with van der Waals surface area (Å²) in [5, 5.41) is 3.10. The number of ether oxygens (including phenoxy) is 2. The summed E-state index contributed by atoms with van der Waals surface area (Å²) in [4.78, 5) is -0.655. The molecule has 0 saturated carbocycles. The Balaban J connectivity index is 1.70. The van der Waals surface area contributed by atoms with E-state index < -0.39 is 55.5 Å². The smallest absolute Gasteiger partial charge is 0.419 e. The minimum absolute atomic E-state index is 0.0593. The maximum atomic E-state index is 13.7. The first-order valence-electron chi connectivity index (χ1n) is 11.4. The third-order valence-corrected chi connectivity index (χ3v) is 7.67. The zero-order chi connectivity index (χ0) is 29.5. The van der Waals surface area contributed by atoms with Crippen LogP contribution in [0.2, 0.25) is 10.0 Å². The number of benzene rings is 3. The molecule has 1 saturated heterocycles. The Hall–Kier alpha value is -2.87. The molecule has 0 radical (unpaired) electrons. The lowest BCUT2D eigenvalue weighted by Crippen LogP contribution is -2.35. The standard InChI is InChI=1S/C25H20Cl2F6N2O4S/c1-23(6-7-34-13-23)39-22-11-16(2-4-20(22)25(31,32)33)35-40(36,37)18-3-5-19(24(28,29)30)21(12-18)38-17-9-14(26)8-15(27)10-17/h2-5,8-12,34-35H,6-7,13H2,1H3/t23-/m1/s1. The van der Waals surface area contributed by atoms with E-state index in [0.717, 1.165) is 12.1 Å². The Morgan fingerprint density at radius 3 is 2.05 bits per heavy atom. The van der Waals surface area contributed by atoms with Gasteiger partial charge in [-0.2, -0.15) is 26.3 Å². The number of hydrogen-bond acceptors (Lipinski definition) is 5. The van der Waals surface area contributed by atoms with Crippen LogP contribution < -0.4 is 19.5 Å². The molecule has 0 aromatic heterocycles. The predicted octanol–water partition coefficient (Wildman–Crippen LogP) is 7.75. The molecule has 1 aliphatic rings. The van der Waals surface area contributed by atoms with Gasteiger partial charge in [0.15, 0.2) is 0 Å². The fourth-order valence-electron chi connectivity index (χ4n) is 3.97. The lowest BCUT2D eigenvalue weighted by molar-refractivity contribution is -0.140. The molecule has 1 fully saturated rings. The molecule has 3 aromatic carbocycles. The van der Waals surface area contributed by atoms with E-state index in [9.17, 15) is 34.8 Å². The summed E-state index contributed by atoms with van der Waals surface area (Å²) in [6.45, 7) is 2.40. The van der Waals surface area contributed by atoms with Crippen LogP contribution in [0.1, 0.15) is 24.5 Å². The van der Waals surface area contributed by atoms with Crippen LogP contribution in [-0.2, 0) is 22.4 Å². The van der Waals surface area contributed by atoms with Crippen LogP contribution in [0.3, 0.4) is 0 Å². The third-order valence-electron chi connectivity index (χ3n) is 5.86. The van der Waals surface area contributed by atoms with E-state index >= 15 is 0 Å². The minimum atomic E-state index is -4.92. The molecule has 216 valence electrons. The number of anilines is 1. The zero-order valence-electron chi connectivity index (χ0n) is 20.4. The number of alkyl halides is 6. The molecule has 0 amide bonds. The molecule has 0 unspecified atom stereocenters. The molecule has 6 nitrogen and oxygen atoms in total. The van der Waals surface area contributed by atoms with Gasteiger partial charge in [-0.3, -0.25) is 4.72 Å². The fraction of sp³-hybridized carbons (Fsp3) is 0.280. The van der Waals surface area contributed by atoms with Gasteiger partial charge >= 0.3 is 12.4 Å². The Labute approximate surface area is 235 Å². The third kappa shape index (κ3) is 7.06. The van der Waals surface area contributed by atoms with E-state index in [-0.39, 0.29) is 28.0 Å². The Bertz CT molecular complexity index is 1500. The topological polar surface area (TPSA) is 76.7 Å². The van der Waals surface area contributed by atoms with E-state index in [4.69, 9.17) is 32.7 Å². The van der Waals surface area contributed by atoms with Crippen LogP contribution in [0, 0.1) is 0 Å². The second-order valence-corrected chi connectivity index (χ2v) is 11.7. The van der Waals surface area contributed by atoms with Crippen molar-refractivity contribution in [2.24, 2.45) is 0 Å². The van der Waals surface area contributed by atoms with Gasteiger partial charge in [0, 0.05) is 35.1 Å². The molecule has 0 spiro atoms. The summed E-state index contributed by atoms with van der Waals surface area (Å²) in [6, 6.07) is 7.90. The van der Waals surface area contributed by atoms with Crippen LogP contribution in [0.4, 0.5) is 32.0 Å². The van der Waals surface area contributed by atoms with Crippen LogP contribution in [0.25, 0.3) is 0 Å². The molecular formula is C25H20Cl2F6N2O4S. The predicted molar refractivity (Wildman–Crippen MR) is 137 cm³/mol. The lowest BCUT2D eigenvalue weighted by Gasteiger charge is -2.27. The first kappa shape index (κ1) is 30.1. The van der Waals surface area contributed by atoms with Gasteiger partial charge < -0.3 is 14.8 Å². The van der Waals surface area contributed by atoms with Gasteiger partial charge in [-0.05, 0) is 55.9 Å². The molecule has 2 N–H and O–H groups in total. The van der Waals surface area contributed by atoms with Crippen LogP contribution >= 0.6 is 23.2 Å². The molecule has 4 rings (SSSR count). The van der Waals surface area contributed by atoms with Crippen molar-refractivity contribution in [2.45, 2.75) is 36.2 Å². The number of halogens is 8. The normalized spacial score (nSPS) is 18.0. The van der Waals surface area contributed by atoms with Crippen LogP contribution in [-0.4, -0.2) is 27.1 Å². The molecule has 0 aliphatic carbocycles. The fourth-order valence-corrected chi connectivity index (χ4v) is 5.54. The first-order chi connectivity index (χ1) is 18.5. The lowest BCUT2D eigenvalue weighted by atomic mass is 10.1. The summed E-state index contributed by atoms with van der Waals surface area (Å²) in [5.41, 5.74) is -3.68. The van der Waals surface area contributed by atoms with Crippen molar-refractivity contribution >= 4 is 38.9 Å². The zero-order valence-corrected chi connectivity index (χ0v) is 22.7. The van der Waals surface area contributed by atoms with Gasteiger partial charge in [-0.15, -0.1) is 0 Å². The van der Waals surface area contributed by atoms with Crippen molar-refractivity contribution < 1.29 is 44.2 Å². The van der Waals surface area contributed by atoms with Crippen molar-refractivity contribution in [2.75, 3.05) is 17.8 Å². The Kier molecular flexibility index (Phi) is 8.16. The highest BCUT2D eigenvalue weighted by atomic mass is 35.5. The number of hydrogen-bond donors (Lipinski definition) is 2. The number of rotatable bonds is 7. The van der Waals surface area contributed by atoms with Gasteiger partial charge in [0.1, 0.15) is 22.8 Å². The van der Waals surface area contributed by atoms with Gasteiger partial charge in [0.2, 0.25) is 0 Å². The minimum Gasteiger partial charge on any atom is -0.485 e. The summed E-state index contributed by atoms with van der Waals surface area (Å²) in [6.07, 6.45) is -9.30. The van der Waals surface area contributed by atoms with E-state index in [1.54, 1.807) is 6.92 Å². The highest BCUT2D eigenvalue weighted by Gasteiger charge is 2.39. The summed E-state index contributed by atoms with van der Waals surface area (Å²) in [5.74, 6) is -1.66. The van der Waals surface area contributed by atoms with Crippen molar-refractivity contribution in [1.82, 2.24) is 5.32 Å². The Morgan fingerprint density at radius 1 is 0.875 bits per heavy atom. The number of sulfonamides is 1. The average Bonchev–Trinajstić information content (AvgIpc) is 3.22. The highest BCUT2D eigenvalue weighted by molar-refractivity contribution is 7.92. The van der Waals surface area contributed by atoms with Crippen LogP contribution in [0.5, 0.6) is 17.2 Å². The first-order valence-corrected chi connectivity index (χ1v) is 13.7. The molecule has 15 heteroatoms. The molecule has 3 aromatic rings. The van der Waals surface area contributed by atoms with Gasteiger partial charge in [-0.1, -0.05) is 23.2 Å². The van der Waals surface area contributed by atoms with E-state index in [0.29, 0.717) is 37.2 Å². The number of nitrogens with one attached hydrogen (secondary N) is 2. The largest absolute Gasteiger partial charge is 0.485 e. The van der Waals surface area contributed by atoms with Gasteiger partial charge in [0.25, 0.3) is 10.0 Å². The van der Waals surface area contributed by atoms with Crippen molar-refractivity contribution in [3.63, 3.8) is 0 Å². The van der Waals surface area contributed by atoms with E-state index in [1.165, 1.54) is 18.2 Å². The molecule has 40 heavy (non-hydrogen) atoms. The maximum Gasteiger partial charge on any atom is 0.419 e. The van der Waals surface area contributed by atoms with Crippen molar-refractivity contribution in [3.05, 3.63) is 75.8 Å². The molecule has 0 bridgehead atoms. The van der Waals surface area contributed by atoms with Crippen LogP contribution in [0.15, 0.2) is 59.5 Å². The average molecular weight is 629 g/mol. The van der Waals surface area contributed by atoms with Gasteiger partial charge in [-0.25, -0.2) is 8.42 Å². The second kappa shape index (κ2) is 10.8. The summed E-state index contributed by atoms with van der Waals surface area (Å²) >= 11 is 11.8.